The normalized spacial score (nSPS) is 21.2. The molecule has 1 amide bonds. The topological polar surface area (TPSA) is 43.8 Å². The molecule has 1 heterocycles. The molecule has 1 aromatic carbocycles. The maximum atomic E-state index is 13.3. The molecule has 0 aromatic heterocycles. The van der Waals surface area contributed by atoms with E-state index >= 15 is 0 Å². The Bertz CT molecular complexity index is 582. The van der Waals surface area contributed by atoms with Crippen molar-refractivity contribution in [1.82, 2.24) is 9.80 Å². The van der Waals surface area contributed by atoms with Crippen LogP contribution < -0.4 is 0 Å². The van der Waals surface area contributed by atoms with Gasteiger partial charge in [-0.1, -0.05) is 18.9 Å². The maximum absolute atomic E-state index is 13.3. The number of hydrogen-bond donors (Lipinski definition) is 1. The Balaban J connectivity index is 1.49. The van der Waals surface area contributed by atoms with Crippen molar-refractivity contribution in [3.8, 4) is 0 Å². The van der Waals surface area contributed by atoms with Gasteiger partial charge in [-0.3, -0.25) is 9.69 Å². The predicted molar refractivity (Wildman–Crippen MR) is 86.3 cm³/mol. The molecule has 1 atom stereocenters. The Morgan fingerprint density at radius 1 is 1.12 bits per heavy atom. The van der Waals surface area contributed by atoms with Crippen molar-refractivity contribution in [2.45, 2.75) is 31.8 Å². The van der Waals surface area contributed by atoms with Crippen molar-refractivity contribution in [1.29, 1.82) is 0 Å². The first kappa shape index (κ1) is 17.3. The van der Waals surface area contributed by atoms with Crippen molar-refractivity contribution >= 4 is 5.91 Å². The average molecular weight is 338 g/mol. The van der Waals surface area contributed by atoms with Crippen LogP contribution in [0.15, 0.2) is 18.2 Å². The van der Waals surface area contributed by atoms with Gasteiger partial charge in [0.1, 0.15) is 0 Å². The molecule has 1 N–H and O–H groups in total. The standard InChI is InChI=1S/C18H24F2N2O2/c19-15-6-5-14(11-16(15)20)17(23)12-21-7-9-22(10-8-21)18(24)13-3-1-2-4-13/h5-6,11,13,17,23H,1-4,7-10,12H2/t17-/m1/s1. The molecule has 0 unspecified atom stereocenters. The van der Waals surface area contributed by atoms with Crippen LogP contribution in [0.2, 0.25) is 0 Å². The number of benzene rings is 1. The van der Waals surface area contributed by atoms with Gasteiger partial charge in [0.05, 0.1) is 6.10 Å². The fourth-order valence-electron chi connectivity index (χ4n) is 3.65. The quantitative estimate of drug-likeness (QED) is 0.916. The van der Waals surface area contributed by atoms with Crippen LogP contribution in [0, 0.1) is 17.6 Å². The Hall–Kier alpha value is -1.53. The van der Waals surface area contributed by atoms with E-state index in [1.54, 1.807) is 0 Å². The molecule has 1 aromatic rings. The van der Waals surface area contributed by atoms with Crippen molar-refractivity contribution < 1.29 is 18.7 Å². The molecule has 0 radical (unpaired) electrons. The third-order valence-electron chi connectivity index (χ3n) is 5.15. The Morgan fingerprint density at radius 2 is 1.79 bits per heavy atom. The highest BCUT2D eigenvalue weighted by atomic mass is 19.2. The van der Waals surface area contributed by atoms with Gasteiger partial charge in [-0.25, -0.2) is 8.78 Å². The van der Waals surface area contributed by atoms with E-state index in [-0.39, 0.29) is 11.8 Å². The van der Waals surface area contributed by atoms with Gasteiger partial charge >= 0.3 is 0 Å². The van der Waals surface area contributed by atoms with E-state index in [0.717, 1.165) is 37.8 Å². The number of aliphatic hydroxyl groups is 1. The van der Waals surface area contributed by atoms with E-state index in [9.17, 15) is 18.7 Å². The van der Waals surface area contributed by atoms with Crippen molar-refractivity contribution in [3.05, 3.63) is 35.4 Å². The molecule has 1 aliphatic heterocycles. The summed E-state index contributed by atoms with van der Waals surface area (Å²) in [6, 6.07) is 3.48. The van der Waals surface area contributed by atoms with E-state index in [1.807, 2.05) is 4.90 Å². The van der Waals surface area contributed by atoms with Crippen LogP contribution in [0.3, 0.4) is 0 Å². The van der Waals surface area contributed by atoms with Gasteiger partial charge in [0.15, 0.2) is 11.6 Å². The number of nitrogens with zero attached hydrogens (tertiary/aromatic N) is 2. The summed E-state index contributed by atoms with van der Waals surface area (Å²) in [5.41, 5.74) is 0.373. The molecule has 132 valence electrons. The van der Waals surface area contributed by atoms with Crippen LogP contribution >= 0.6 is 0 Å². The SMILES string of the molecule is O=C(C1CCCC1)N1CCN(C[C@@H](O)c2ccc(F)c(F)c2)CC1. The summed E-state index contributed by atoms with van der Waals surface area (Å²) >= 11 is 0. The first-order valence-corrected chi connectivity index (χ1v) is 8.69. The minimum Gasteiger partial charge on any atom is -0.387 e. The third kappa shape index (κ3) is 3.92. The predicted octanol–water partition coefficient (Wildman–Crippen LogP) is 2.33. The molecular weight excluding hydrogens is 314 g/mol. The zero-order valence-corrected chi connectivity index (χ0v) is 13.8. The minimum atomic E-state index is -0.946. The number of carbonyl (C=O) groups excluding carboxylic acids is 1. The molecular formula is C18H24F2N2O2. The number of halogens is 2. The van der Waals surface area contributed by atoms with Crippen molar-refractivity contribution in [2.75, 3.05) is 32.7 Å². The molecule has 1 aliphatic carbocycles. The van der Waals surface area contributed by atoms with Gasteiger partial charge in [-0.2, -0.15) is 0 Å². The fraction of sp³-hybridized carbons (Fsp3) is 0.611. The van der Waals surface area contributed by atoms with Gasteiger partial charge in [0.2, 0.25) is 5.91 Å². The summed E-state index contributed by atoms with van der Waals surface area (Å²) in [7, 11) is 0. The lowest BCUT2D eigenvalue weighted by Gasteiger charge is -2.36. The third-order valence-corrected chi connectivity index (χ3v) is 5.15. The Labute approximate surface area is 141 Å². The largest absolute Gasteiger partial charge is 0.387 e. The smallest absolute Gasteiger partial charge is 0.225 e. The molecule has 1 saturated heterocycles. The zero-order chi connectivity index (χ0) is 17.1. The number of amides is 1. The second kappa shape index (κ2) is 7.57. The summed E-state index contributed by atoms with van der Waals surface area (Å²) in [6.45, 7) is 3.08. The number of rotatable bonds is 4. The van der Waals surface area contributed by atoms with E-state index < -0.39 is 17.7 Å². The minimum absolute atomic E-state index is 0.198. The van der Waals surface area contributed by atoms with Crippen LogP contribution in [0.5, 0.6) is 0 Å². The highest BCUT2D eigenvalue weighted by Gasteiger charge is 2.29. The highest BCUT2D eigenvalue weighted by Crippen LogP contribution is 2.27. The summed E-state index contributed by atoms with van der Waals surface area (Å²) < 4.78 is 26.2. The van der Waals surface area contributed by atoms with E-state index in [0.29, 0.717) is 38.3 Å². The second-order valence-corrected chi connectivity index (χ2v) is 6.80. The maximum Gasteiger partial charge on any atom is 0.225 e. The summed E-state index contributed by atoms with van der Waals surface area (Å²) in [5.74, 6) is -1.39. The average Bonchev–Trinajstić information content (AvgIpc) is 3.12. The van der Waals surface area contributed by atoms with Crippen LogP contribution in [0.25, 0.3) is 0 Å². The van der Waals surface area contributed by atoms with Crippen LogP contribution in [-0.2, 0) is 4.79 Å². The molecule has 2 fully saturated rings. The Kier molecular flexibility index (Phi) is 5.46. The van der Waals surface area contributed by atoms with Gasteiger partial charge < -0.3 is 10.0 Å². The fourth-order valence-corrected chi connectivity index (χ4v) is 3.65. The lowest BCUT2D eigenvalue weighted by Crippen LogP contribution is -2.50. The van der Waals surface area contributed by atoms with Gasteiger partial charge in [0, 0.05) is 38.6 Å². The van der Waals surface area contributed by atoms with Gasteiger partial charge in [-0.15, -0.1) is 0 Å². The number of aliphatic hydroxyl groups excluding tert-OH is 1. The number of β-amino-alcohol motifs (C(OH)–C–C–N with tert-alkyl or cyclic N) is 1. The number of hydrogen-bond acceptors (Lipinski definition) is 3. The van der Waals surface area contributed by atoms with Gasteiger partial charge in [0.25, 0.3) is 0 Å². The molecule has 0 spiro atoms. The van der Waals surface area contributed by atoms with E-state index in [2.05, 4.69) is 4.90 Å². The molecule has 3 rings (SSSR count). The molecule has 6 heteroatoms. The van der Waals surface area contributed by atoms with Crippen molar-refractivity contribution in [3.63, 3.8) is 0 Å². The van der Waals surface area contributed by atoms with Gasteiger partial charge in [-0.05, 0) is 30.5 Å². The first-order chi connectivity index (χ1) is 11.5. The highest BCUT2D eigenvalue weighted by molar-refractivity contribution is 5.79. The lowest BCUT2D eigenvalue weighted by atomic mass is 10.1. The Morgan fingerprint density at radius 3 is 2.42 bits per heavy atom. The number of carbonyl (C=O) groups is 1. The van der Waals surface area contributed by atoms with E-state index in [1.165, 1.54) is 6.07 Å². The van der Waals surface area contributed by atoms with E-state index in [4.69, 9.17) is 0 Å². The molecule has 0 bridgehead atoms. The first-order valence-electron chi connectivity index (χ1n) is 8.69. The van der Waals surface area contributed by atoms with Crippen LogP contribution in [0.4, 0.5) is 8.78 Å². The summed E-state index contributed by atoms with van der Waals surface area (Å²) in [4.78, 5) is 16.4. The molecule has 1 saturated carbocycles. The molecule has 4 nitrogen and oxygen atoms in total. The lowest BCUT2D eigenvalue weighted by molar-refractivity contribution is -0.137. The summed E-state index contributed by atoms with van der Waals surface area (Å²) in [6.07, 6.45) is 3.45. The number of piperazine rings is 1. The molecule has 24 heavy (non-hydrogen) atoms. The van der Waals surface area contributed by atoms with Crippen molar-refractivity contribution in [2.24, 2.45) is 5.92 Å². The van der Waals surface area contributed by atoms with Crippen LogP contribution in [-0.4, -0.2) is 53.5 Å². The molecule has 2 aliphatic rings. The zero-order valence-electron chi connectivity index (χ0n) is 13.8. The van der Waals surface area contributed by atoms with Crippen LogP contribution in [0.1, 0.15) is 37.4 Å². The summed E-state index contributed by atoms with van der Waals surface area (Å²) in [5, 5.41) is 10.2. The second-order valence-electron chi connectivity index (χ2n) is 6.80. The monoisotopic (exact) mass is 338 g/mol.